The van der Waals surface area contributed by atoms with Crippen LogP contribution in [0, 0.1) is 0 Å². The van der Waals surface area contributed by atoms with Gasteiger partial charge in [-0.2, -0.15) is 18.2 Å². The number of nitrogens with zero attached hydrogens (tertiary/aromatic N) is 2. The Bertz CT molecular complexity index is 714. The molecule has 0 aliphatic heterocycles. The molecule has 0 atom stereocenters. The van der Waals surface area contributed by atoms with E-state index < -0.39 is 15.7 Å². The van der Waals surface area contributed by atoms with E-state index >= 15 is 0 Å². The number of rotatable bonds is 4. The zero-order chi connectivity index (χ0) is 15.7. The molecule has 0 saturated carbocycles. The number of hydrogen-bond donors (Lipinski definition) is 3. The molecule has 0 saturated heterocycles. The summed E-state index contributed by atoms with van der Waals surface area (Å²) in [5.41, 5.74) is 6.40. The molecule has 4 N–H and O–H groups in total. The van der Waals surface area contributed by atoms with Gasteiger partial charge in [-0.15, -0.1) is 0 Å². The molecule has 0 radical (unpaired) electrons. The molecule has 0 amide bonds. The number of nitrogen functional groups attached to an aromatic ring is 1. The number of anilines is 2. The maximum absolute atomic E-state index is 12.1. The van der Waals surface area contributed by atoms with Crippen LogP contribution in [-0.2, 0) is 10.2 Å². The van der Waals surface area contributed by atoms with Crippen LogP contribution in [-0.4, -0.2) is 23.7 Å². The lowest BCUT2D eigenvalue weighted by Crippen LogP contribution is -2.43. The van der Waals surface area contributed by atoms with E-state index in [1.165, 1.54) is 10.9 Å². The standard InChI is InChI=1S/C13H19N5O2S/c1-13(2,3)17-21(19,20)16-12-8-9-15-18(12)11-6-4-10(14)5-7-11/h4-9,16-17H,14H2,1-3H3. The van der Waals surface area contributed by atoms with Crippen molar-refractivity contribution in [2.24, 2.45) is 0 Å². The summed E-state index contributed by atoms with van der Waals surface area (Å²) >= 11 is 0. The summed E-state index contributed by atoms with van der Waals surface area (Å²) in [5, 5.41) is 4.12. The molecule has 0 aliphatic rings. The molecule has 7 nitrogen and oxygen atoms in total. The van der Waals surface area contributed by atoms with Gasteiger partial charge in [0.1, 0.15) is 5.82 Å². The van der Waals surface area contributed by atoms with Crippen LogP contribution in [0.1, 0.15) is 20.8 Å². The lowest BCUT2D eigenvalue weighted by atomic mass is 10.1. The minimum absolute atomic E-state index is 0.344. The summed E-state index contributed by atoms with van der Waals surface area (Å²) in [6.45, 7) is 5.30. The highest BCUT2D eigenvalue weighted by molar-refractivity contribution is 7.90. The Kier molecular flexibility index (Phi) is 3.93. The first-order valence-electron chi connectivity index (χ1n) is 6.38. The highest BCUT2D eigenvalue weighted by Crippen LogP contribution is 2.17. The fraction of sp³-hybridized carbons (Fsp3) is 0.308. The first-order valence-corrected chi connectivity index (χ1v) is 7.86. The number of aromatic nitrogens is 2. The van der Waals surface area contributed by atoms with Crippen LogP contribution in [0.2, 0.25) is 0 Å². The van der Waals surface area contributed by atoms with Crippen molar-refractivity contribution in [3.63, 3.8) is 0 Å². The summed E-state index contributed by atoms with van der Waals surface area (Å²) < 4.78 is 30.6. The van der Waals surface area contributed by atoms with E-state index in [0.29, 0.717) is 17.2 Å². The molecule has 1 aromatic heterocycles. The van der Waals surface area contributed by atoms with Crippen molar-refractivity contribution in [3.8, 4) is 5.69 Å². The van der Waals surface area contributed by atoms with E-state index in [9.17, 15) is 8.42 Å². The van der Waals surface area contributed by atoms with Gasteiger partial charge in [0, 0.05) is 17.3 Å². The minimum Gasteiger partial charge on any atom is -0.399 e. The van der Waals surface area contributed by atoms with Gasteiger partial charge in [-0.25, -0.2) is 4.68 Å². The van der Waals surface area contributed by atoms with E-state index in [-0.39, 0.29) is 0 Å². The van der Waals surface area contributed by atoms with Crippen LogP contribution in [0.25, 0.3) is 5.69 Å². The molecule has 114 valence electrons. The van der Waals surface area contributed by atoms with E-state index in [4.69, 9.17) is 5.73 Å². The van der Waals surface area contributed by atoms with Gasteiger partial charge in [-0.3, -0.25) is 4.72 Å². The van der Waals surface area contributed by atoms with Gasteiger partial charge in [0.15, 0.2) is 0 Å². The van der Waals surface area contributed by atoms with Crippen molar-refractivity contribution in [2.75, 3.05) is 10.5 Å². The summed E-state index contributed by atoms with van der Waals surface area (Å²) in [6, 6.07) is 8.55. The Balaban J connectivity index is 2.27. The van der Waals surface area contributed by atoms with Crippen LogP contribution >= 0.6 is 0 Å². The van der Waals surface area contributed by atoms with Crippen LogP contribution in [0.5, 0.6) is 0 Å². The molecule has 0 fully saturated rings. The number of hydrogen-bond acceptors (Lipinski definition) is 4. The van der Waals surface area contributed by atoms with Gasteiger partial charge in [0.25, 0.3) is 0 Å². The molecule has 1 aromatic carbocycles. The molecule has 2 aromatic rings. The zero-order valence-corrected chi connectivity index (χ0v) is 13.0. The summed E-state index contributed by atoms with van der Waals surface area (Å²) in [5.74, 6) is 0.344. The molecule has 0 aliphatic carbocycles. The number of benzene rings is 1. The van der Waals surface area contributed by atoms with Gasteiger partial charge in [-0.05, 0) is 45.0 Å². The quantitative estimate of drug-likeness (QED) is 0.745. The lowest BCUT2D eigenvalue weighted by Gasteiger charge is -2.21. The van der Waals surface area contributed by atoms with Gasteiger partial charge < -0.3 is 5.73 Å². The van der Waals surface area contributed by atoms with Crippen molar-refractivity contribution in [1.82, 2.24) is 14.5 Å². The smallest absolute Gasteiger partial charge is 0.300 e. The van der Waals surface area contributed by atoms with Crippen LogP contribution < -0.4 is 15.2 Å². The largest absolute Gasteiger partial charge is 0.399 e. The first kappa shape index (κ1) is 15.3. The third-order valence-electron chi connectivity index (χ3n) is 2.46. The average Bonchev–Trinajstić information content (AvgIpc) is 2.74. The Morgan fingerprint density at radius 1 is 1.14 bits per heavy atom. The predicted molar refractivity (Wildman–Crippen MR) is 83.4 cm³/mol. The molecular formula is C13H19N5O2S. The lowest BCUT2D eigenvalue weighted by molar-refractivity contribution is 0.494. The van der Waals surface area contributed by atoms with Crippen molar-refractivity contribution >= 4 is 21.7 Å². The van der Waals surface area contributed by atoms with E-state index in [1.54, 1.807) is 51.1 Å². The molecule has 21 heavy (non-hydrogen) atoms. The van der Waals surface area contributed by atoms with E-state index in [1.807, 2.05) is 0 Å². The molecule has 1 heterocycles. The second-order valence-corrected chi connectivity index (χ2v) is 7.09. The van der Waals surface area contributed by atoms with Crippen molar-refractivity contribution in [1.29, 1.82) is 0 Å². The Hall–Kier alpha value is -2.06. The Morgan fingerprint density at radius 3 is 2.33 bits per heavy atom. The molecule has 0 bridgehead atoms. The van der Waals surface area contributed by atoms with Gasteiger partial charge in [0.2, 0.25) is 0 Å². The Labute approximate surface area is 124 Å². The maximum Gasteiger partial charge on any atom is 0.300 e. The molecule has 2 rings (SSSR count). The second-order valence-electron chi connectivity index (χ2n) is 5.68. The topological polar surface area (TPSA) is 102 Å². The number of nitrogens with one attached hydrogen (secondary N) is 2. The van der Waals surface area contributed by atoms with Gasteiger partial charge in [-0.1, -0.05) is 0 Å². The summed E-state index contributed by atoms with van der Waals surface area (Å²) in [7, 11) is -3.69. The van der Waals surface area contributed by atoms with Gasteiger partial charge in [0.05, 0.1) is 11.9 Å². The molecule has 8 heteroatoms. The highest BCUT2D eigenvalue weighted by Gasteiger charge is 2.21. The molecule has 0 spiro atoms. The van der Waals surface area contributed by atoms with Crippen molar-refractivity contribution in [2.45, 2.75) is 26.3 Å². The fourth-order valence-corrected chi connectivity index (χ4v) is 3.06. The van der Waals surface area contributed by atoms with E-state index in [0.717, 1.165) is 0 Å². The van der Waals surface area contributed by atoms with Crippen LogP contribution in [0.4, 0.5) is 11.5 Å². The monoisotopic (exact) mass is 309 g/mol. The minimum atomic E-state index is -3.69. The first-order chi connectivity index (χ1) is 9.66. The SMILES string of the molecule is CC(C)(C)NS(=O)(=O)Nc1ccnn1-c1ccc(N)cc1. The summed E-state index contributed by atoms with van der Waals surface area (Å²) in [6.07, 6.45) is 1.52. The molecular weight excluding hydrogens is 290 g/mol. The number of nitrogens with two attached hydrogens (primary N) is 1. The van der Waals surface area contributed by atoms with Crippen LogP contribution in [0.3, 0.4) is 0 Å². The van der Waals surface area contributed by atoms with E-state index in [2.05, 4.69) is 14.5 Å². The average molecular weight is 309 g/mol. The molecule has 0 unspecified atom stereocenters. The van der Waals surface area contributed by atoms with Crippen molar-refractivity contribution in [3.05, 3.63) is 36.5 Å². The predicted octanol–water partition coefficient (Wildman–Crippen LogP) is 1.50. The zero-order valence-electron chi connectivity index (χ0n) is 12.2. The fourth-order valence-electron chi connectivity index (χ4n) is 1.77. The summed E-state index contributed by atoms with van der Waals surface area (Å²) in [4.78, 5) is 0. The van der Waals surface area contributed by atoms with Crippen molar-refractivity contribution < 1.29 is 8.42 Å². The third-order valence-corrected chi connectivity index (χ3v) is 3.82. The Morgan fingerprint density at radius 2 is 1.76 bits per heavy atom. The third kappa shape index (κ3) is 4.20. The van der Waals surface area contributed by atoms with Gasteiger partial charge >= 0.3 is 10.2 Å². The highest BCUT2D eigenvalue weighted by atomic mass is 32.2. The van der Waals surface area contributed by atoms with Crippen LogP contribution in [0.15, 0.2) is 36.5 Å². The maximum atomic E-state index is 12.1. The normalized spacial score (nSPS) is 12.3. The second kappa shape index (κ2) is 5.38.